The Morgan fingerprint density at radius 3 is 2.33 bits per heavy atom. The number of carbonyl (C=O) groups excluding carboxylic acids is 2. The van der Waals surface area contributed by atoms with E-state index >= 15 is 0 Å². The number of hydrazine groups is 1. The zero-order valence-corrected chi connectivity index (χ0v) is 13.9. The van der Waals surface area contributed by atoms with Crippen molar-refractivity contribution in [3.63, 3.8) is 0 Å². The summed E-state index contributed by atoms with van der Waals surface area (Å²) in [5.74, 6) is -0.327. The molecular weight excluding hydrogens is 315 g/mol. The molecule has 0 saturated carbocycles. The van der Waals surface area contributed by atoms with E-state index in [0.29, 0.717) is 10.0 Å². The Labute approximate surface area is 134 Å². The van der Waals surface area contributed by atoms with Gasteiger partial charge >= 0.3 is 6.09 Å². The fourth-order valence-corrected chi connectivity index (χ4v) is 1.78. The van der Waals surface area contributed by atoms with Crippen molar-refractivity contribution in [2.45, 2.75) is 39.8 Å². The summed E-state index contributed by atoms with van der Waals surface area (Å²) in [5.41, 5.74) is 2.49. The van der Waals surface area contributed by atoms with Gasteiger partial charge in [0.05, 0.1) is 16.6 Å². The van der Waals surface area contributed by atoms with Gasteiger partial charge in [-0.2, -0.15) is 0 Å². The van der Waals surface area contributed by atoms with Crippen LogP contribution in [0.15, 0.2) is 18.2 Å². The van der Waals surface area contributed by atoms with Gasteiger partial charge < -0.3 is 4.74 Å². The van der Waals surface area contributed by atoms with E-state index in [1.54, 1.807) is 39.0 Å². The fraction of sp³-hybridized carbons (Fsp3) is 0.429. The molecule has 0 aliphatic rings. The maximum absolute atomic E-state index is 11.7. The second-order valence-corrected chi connectivity index (χ2v) is 6.28. The highest BCUT2D eigenvalue weighted by Gasteiger charge is 2.20. The fourth-order valence-electron chi connectivity index (χ4n) is 1.46. The first-order valence-electron chi connectivity index (χ1n) is 6.30. The summed E-state index contributed by atoms with van der Waals surface area (Å²) in [5, 5.41) is 1.96. The average Bonchev–Trinajstić information content (AvgIpc) is 2.30. The van der Waals surface area contributed by atoms with Gasteiger partial charge in [0, 0.05) is 6.92 Å². The highest BCUT2D eigenvalue weighted by Crippen LogP contribution is 2.23. The number of nitrogens with one attached hydrogen (secondary N) is 1. The van der Waals surface area contributed by atoms with Crippen LogP contribution in [0.1, 0.15) is 33.3 Å². The molecule has 0 spiro atoms. The van der Waals surface area contributed by atoms with Crippen LogP contribution >= 0.6 is 23.2 Å². The van der Waals surface area contributed by atoms with Gasteiger partial charge in [-0.3, -0.25) is 4.79 Å². The van der Waals surface area contributed by atoms with E-state index in [4.69, 9.17) is 27.9 Å². The number of hydrogen-bond donors (Lipinski definition) is 1. The molecule has 0 atom stereocenters. The third-order valence-electron chi connectivity index (χ3n) is 2.33. The summed E-state index contributed by atoms with van der Waals surface area (Å²) >= 11 is 11.8. The van der Waals surface area contributed by atoms with Crippen LogP contribution in [0.5, 0.6) is 0 Å². The van der Waals surface area contributed by atoms with Crippen LogP contribution in [0.4, 0.5) is 4.79 Å². The molecule has 1 N–H and O–H groups in total. The zero-order chi connectivity index (χ0) is 16.2. The maximum Gasteiger partial charge on any atom is 0.426 e. The van der Waals surface area contributed by atoms with Crippen LogP contribution < -0.4 is 5.43 Å². The molecule has 5 nitrogen and oxygen atoms in total. The highest BCUT2D eigenvalue weighted by molar-refractivity contribution is 6.42. The number of benzene rings is 1. The van der Waals surface area contributed by atoms with E-state index < -0.39 is 11.7 Å². The first-order chi connectivity index (χ1) is 9.58. The van der Waals surface area contributed by atoms with Gasteiger partial charge in [0.1, 0.15) is 5.60 Å². The highest BCUT2D eigenvalue weighted by atomic mass is 35.5. The minimum atomic E-state index is -0.697. The molecule has 0 bridgehead atoms. The van der Waals surface area contributed by atoms with E-state index in [0.717, 1.165) is 10.6 Å². The summed E-state index contributed by atoms with van der Waals surface area (Å²) in [7, 11) is 0. The Morgan fingerprint density at radius 2 is 1.86 bits per heavy atom. The SMILES string of the molecule is CC(=O)N(Cc1ccc(Cl)c(Cl)c1)NC(=O)OC(C)(C)C. The van der Waals surface area contributed by atoms with Crippen LogP contribution in [0.25, 0.3) is 0 Å². The third kappa shape index (κ3) is 6.23. The number of nitrogens with zero attached hydrogens (tertiary/aromatic N) is 1. The summed E-state index contributed by atoms with van der Waals surface area (Å²) in [6, 6.07) is 4.99. The summed E-state index contributed by atoms with van der Waals surface area (Å²) in [6.07, 6.45) is -0.697. The molecule has 0 heterocycles. The molecule has 0 aliphatic carbocycles. The third-order valence-corrected chi connectivity index (χ3v) is 3.07. The Hall–Kier alpha value is -1.46. The van der Waals surface area contributed by atoms with Gasteiger partial charge in [-0.15, -0.1) is 0 Å². The van der Waals surface area contributed by atoms with Crippen LogP contribution in [-0.2, 0) is 16.1 Å². The molecule has 1 aromatic carbocycles. The summed E-state index contributed by atoms with van der Waals surface area (Å²) in [4.78, 5) is 23.3. The molecule has 2 amide bonds. The van der Waals surface area contributed by atoms with Crippen molar-refractivity contribution in [2.75, 3.05) is 0 Å². The minimum Gasteiger partial charge on any atom is -0.443 e. The van der Waals surface area contributed by atoms with Crippen molar-refractivity contribution in [1.29, 1.82) is 0 Å². The first-order valence-corrected chi connectivity index (χ1v) is 7.06. The molecular formula is C14H18Cl2N2O3. The summed E-state index contributed by atoms with van der Waals surface area (Å²) < 4.78 is 5.11. The van der Waals surface area contributed by atoms with Crippen LogP contribution in [0, 0.1) is 0 Å². The topological polar surface area (TPSA) is 58.6 Å². The van der Waals surface area contributed by atoms with Crippen LogP contribution in [0.3, 0.4) is 0 Å². The maximum atomic E-state index is 11.7. The lowest BCUT2D eigenvalue weighted by atomic mass is 10.2. The van der Waals surface area contributed by atoms with Crippen molar-refractivity contribution >= 4 is 35.2 Å². The van der Waals surface area contributed by atoms with E-state index in [-0.39, 0.29) is 12.5 Å². The molecule has 0 aromatic heterocycles. The predicted octanol–water partition coefficient (Wildman–Crippen LogP) is 3.78. The van der Waals surface area contributed by atoms with Crippen molar-refractivity contribution in [2.24, 2.45) is 0 Å². The molecule has 116 valence electrons. The van der Waals surface area contributed by atoms with Crippen LogP contribution in [-0.4, -0.2) is 22.6 Å². The lowest BCUT2D eigenvalue weighted by Gasteiger charge is -2.25. The van der Waals surface area contributed by atoms with E-state index in [2.05, 4.69) is 5.43 Å². The van der Waals surface area contributed by atoms with Crippen LogP contribution in [0.2, 0.25) is 10.0 Å². The number of hydrogen-bond acceptors (Lipinski definition) is 3. The molecule has 1 rings (SSSR count). The average molecular weight is 333 g/mol. The monoisotopic (exact) mass is 332 g/mol. The molecule has 0 aliphatic heterocycles. The quantitative estimate of drug-likeness (QED) is 0.838. The van der Waals surface area contributed by atoms with Gasteiger partial charge in [0.25, 0.3) is 0 Å². The lowest BCUT2D eigenvalue weighted by Crippen LogP contribution is -2.46. The Morgan fingerprint density at radius 1 is 1.24 bits per heavy atom. The van der Waals surface area contributed by atoms with E-state index in [9.17, 15) is 9.59 Å². The standard InChI is InChI=1S/C14H18Cl2N2O3/c1-9(19)18(17-13(20)21-14(2,3)4)8-10-5-6-11(15)12(16)7-10/h5-7H,8H2,1-4H3,(H,17,20). The van der Waals surface area contributed by atoms with Crippen molar-refractivity contribution in [3.8, 4) is 0 Å². The molecule has 7 heteroatoms. The van der Waals surface area contributed by atoms with Crippen molar-refractivity contribution < 1.29 is 14.3 Å². The van der Waals surface area contributed by atoms with Gasteiger partial charge in [0.2, 0.25) is 5.91 Å². The van der Waals surface area contributed by atoms with Gasteiger partial charge in [-0.1, -0.05) is 29.3 Å². The second-order valence-electron chi connectivity index (χ2n) is 5.47. The zero-order valence-electron chi connectivity index (χ0n) is 12.4. The largest absolute Gasteiger partial charge is 0.443 e. The molecule has 21 heavy (non-hydrogen) atoms. The number of halogens is 2. The molecule has 0 radical (unpaired) electrons. The number of amides is 2. The van der Waals surface area contributed by atoms with Crippen molar-refractivity contribution in [3.05, 3.63) is 33.8 Å². The van der Waals surface area contributed by atoms with E-state index in [1.165, 1.54) is 6.92 Å². The smallest absolute Gasteiger partial charge is 0.426 e. The normalized spacial score (nSPS) is 11.0. The number of ether oxygens (including phenoxy) is 1. The van der Waals surface area contributed by atoms with Crippen molar-refractivity contribution in [1.82, 2.24) is 10.4 Å². The lowest BCUT2D eigenvalue weighted by molar-refractivity contribution is -0.132. The van der Waals surface area contributed by atoms with E-state index in [1.807, 2.05) is 0 Å². The Balaban J connectivity index is 2.76. The Bertz CT molecular complexity index is 542. The molecule has 1 aromatic rings. The first kappa shape index (κ1) is 17.6. The Kier molecular flexibility index (Phi) is 5.87. The number of carbonyl (C=O) groups is 2. The molecule has 0 unspecified atom stereocenters. The molecule has 0 saturated heterocycles. The summed E-state index contributed by atoms with van der Waals surface area (Å²) in [6.45, 7) is 6.72. The van der Waals surface area contributed by atoms with Gasteiger partial charge in [-0.05, 0) is 38.5 Å². The predicted molar refractivity (Wildman–Crippen MR) is 82.1 cm³/mol. The second kappa shape index (κ2) is 7.00. The van der Waals surface area contributed by atoms with Gasteiger partial charge in [0.15, 0.2) is 0 Å². The molecule has 0 fully saturated rings. The number of rotatable bonds is 2. The van der Waals surface area contributed by atoms with Gasteiger partial charge in [-0.25, -0.2) is 15.2 Å². The minimum absolute atomic E-state index is 0.158.